The molecular formula is C14H14Cl2N4O2. The molecule has 0 aliphatic heterocycles. The van der Waals surface area contributed by atoms with Gasteiger partial charge in [0.05, 0.1) is 22.0 Å². The molecule has 0 fully saturated rings. The van der Waals surface area contributed by atoms with Crippen LogP contribution < -0.4 is 10.6 Å². The molecule has 22 heavy (non-hydrogen) atoms. The van der Waals surface area contributed by atoms with E-state index in [0.29, 0.717) is 27.7 Å². The summed E-state index contributed by atoms with van der Waals surface area (Å²) in [6.45, 7) is 3.09. The lowest BCUT2D eigenvalue weighted by Gasteiger charge is -2.09. The monoisotopic (exact) mass is 340 g/mol. The summed E-state index contributed by atoms with van der Waals surface area (Å²) < 4.78 is 1.43. The number of benzene rings is 1. The topological polar surface area (TPSA) is 76.0 Å². The molecule has 2 N–H and O–H groups in total. The summed E-state index contributed by atoms with van der Waals surface area (Å²) in [7, 11) is 1.66. The Hall–Kier alpha value is -2.05. The zero-order chi connectivity index (χ0) is 16.4. The standard InChI is InChI=1S/C14H14Cl2N4O2/c1-7-12(13(16)20(3)19-7)14(22)18-9-4-5-11(10(15)6-9)17-8(2)21/h4-6H,1-3H3,(H,17,21)(H,18,22). The second kappa shape index (κ2) is 6.37. The molecule has 8 heteroatoms. The van der Waals surface area contributed by atoms with Crippen molar-refractivity contribution in [3.63, 3.8) is 0 Å². The first-order valence-electron chi connectivity index (χ1n) is 6.37. The zero-order valence-corrected chi connectivity index (χ0v) is 13.7. The molecule has 0 saturated heterocycles. The van der Waals surface area contributed by atoms with Gasteiger partial charge in [0.25, 0.3) is 5.91 Å². The van der Waals surface area contributed by atoms with Crippen LogP contribution in [0.25, 0.3) is 0 Å². The molecule has 0 aliphatic rings. The van der Waals surface area contributed by atoms with Crippen molar-refractivity contribution in [1.82, 2.24) is 9.78 Å². The summed E-state index contributed by atoms with van der Waals surface area (Å²) in [5, 5.41) is 9.96. The molecule has 0 bridgehead atoms. The number of amides is 2. The molecular weight excluding hydrogens is 327 g/mol. The van der Waals surface area contributed by atoms with Crippen molar-refractivity contribution in [3.8, 4) is 0 Å². The van der Waals surface area contributed by atoms with Crippen LogP contribution in [0.5, 0.6) is 0 Å². The number of nitrogens with one attached hydrogen (secondary N) is 2. The van der Waals surface area contributed by atoms with Crippen LogP contribution >= 0.6 is 23.2 Å². The number of aryl methyl sites for hydroxylation is 2. The molecule has 0 atom stereocenters. The molecule has 0 saturated carbocycles. The smallest absolute Gasteiger partial charge is 0.260 e. The highest BCUT2D eigenvalue weighted by molar-refractivity contribution is 6.34. The number of rotatable bonds is 3. The van der Waals surface area contributed by atoms with Crippen LogP contribution in [-0.4, -0.2) is 21.6 Å². The number of aromatic nitrogens is 2. The highest BCUT2D eigenvalue weighted by Gasteiger charge is 2.19. The number of hydrogen-bond acceptors (Lipinski definition) is 3. The number of anilines is 2. The van der Waals surface area contributed by atoms with Crippen molar-refractivity contribution in [2.24, 2.45) is 7.05 Å². The molecule has 2 aromatic rings. The average Bonchev–Trinajstić information content (AvgIpc) is 2.66. The van der Waals surface area contributed by atoms with Crippen LogP contribution in [0, 0.1) is 6.92 Å². The lowest BCUT2D eigenvalue weighted by atomic mass is 10.2. The van der Waals surface area contributed by atoms with Crippen LogP contribution in [0.3, 0.4) is 0 Å². The number of carbonyl (C=O) groups excluding carboxylic acids is 2. The van der Waals surface area contributed by atoms with Gasteiger partial charge in [-0.1, -0.05) is 23.2 Å². The molecule has 6 nitrogen and oxygen atoms in total. The first-order valence-corrected chi connectivity index (χ1v) is 7.12. The second-order valence-corrected chi connectivity index (χ2v) is 5.47. The summed E-state index contributed by atoms with van der Waals surface area (Å²) in [5.74, 6) is -0.601. The van der Waals surface area contributed by atoms with E-state index >= 15 is 0 Å². The van der Waals surface area contributed by atoms with E-state index in [4.69, 9.17) is 23.2 Å². The Morgan fingerprint density at radius 1 is 1.23 bits per heavy atom. The first-order chi connectivity index (χ1) is 10.3. The summed E-state index contributed by atoms with van der Waals surface area (Å²) in [4.78, 5) is 23.3. The van der Waals surface area contributed by atoms with Crippen molar-refractivity contribution >= 4 is 46.4 Å². The molecule has 2 amide bonds. The van der Waals surface area contributed by atoms with E-state index in [1.54, 1.807) is 32.2 Å². The first kappa shape index (κ1) is 16.3. The molecule has 0 aliphatic carbocycles. The van der Waals surface area contributed by atoms with Gasteiger partial charge in [0.1, 0.15) is 5.15 Å². The third-order valence-electron chi connectivity index (χ3n) is 2.92. The van der Waals surface area contributed by atoms with E-state index in [1.807, 2.05) is 0 Å². The lowest BCUT2D eigenvalue weighted by Crippen LogP contribution is -2.13. The summed E-state index contributed by atoms with van der Waals surface area (Å²) >= 11 is 12.1. The Morgan fingerprint density at radius 3 is 2.41 bits per heavy atom. The highest BCUT2D eigenvalue weighted by atomic mass is 35.5. The summed E-state index contributed by atoms with van der Waals surface area (Å²) in [5.41, 5.74) is 1.81. The largest absolute Gasteiger partial charge is 0.325 e. The van der Waals surface area contributed by atoms with E-state index in [-0.39, 0.29) is 17.0 Å². The average molecular weight is 341 g/mol. The van der Waals surface area contributed by atoms with Gasteiger partial charge in [-0.2, -0.15) is 5.10 Å². The maximum atomic E-state index is 12.3. The lowest BCUT2D eigenvalue weighted by molar-refractivity contribution is -0.114. The Kier molecular flexibility index (Phi) is 4.73. The number of halogens is 2. The van der Waals surface area contributed by atoms with Crippen molar-refractivity contribution < 1.29 is 9.59 Å². The molecule has 0 unspecified atom stereocenters. The van der Waals surface area contributed by atoms with Gasteiger partial charge >= 0.3 is 0 Å². The van der Waals surface area contributed by atoms with Gasteiger partial charge in [0.2, 0.25) is 5.91 Å². The second-order valence-electron chi connectivity index (χ2n) is 4.70. The third kappa shape index (κ3) is 3.40. The Morgan fingerprint density at radius 2 is 1.91 bits per heavy atom. The van der Waals surface area contributed by atoms with Crippen molar-refractivity contribution in [3.05, 3.63) is 39.6 Å². The van der Waals surface area contributed by atoms with Gasteiger partial charge in [0.15, 0.2) is 0 Å². The SMILES string of the molecule is CC(=O)Nc1ccc(NC(=O)c2c(C)nn(C)c2Cl)cc1Cl. The normalized spacial score (nSPS) is 10.4. The van der Waals surface area contributed by atoms with Crippen molar-refractivity contribution in [2.45, 2.75) is 13.8 Å². The van der Waals surface area contributed by atoms with Gasteiger partial charge < -0.3 is 10.6 Å². The fraction of sp³-hybridized carbons (Fsp3) is 0.214. The molecule has 1 aromatic heterocycles. The van der Waals surface area contributed by atoms with Crippen molar-refractivity contribution in [1.29, 1.82) is 0 Å². The van der Waals surface area contributed by atoms with E-state index in [2.05, 4.69) is 15.7 Å². The van der Waals surface area contributed by atoms with E-state index in [0.717, 1.165) is 0 Å². The third-order valence-corrected chi connectivity index (χ3v) is 3.66. The number of nitrogens with zero attached hydrogens (tertiary/aromatic N) is 2. The molecule has 0 radical (unpaired) electrons. The Balaban J connectivity index is 2.22. The van der Waals surface area contributed by atoms with Crippen LogP contribution in [0.4, 0.5) is 11.4 Å². The zero-order valence-electron chi connectivity index (χ0n) is 12.2. The minimum absolute atomic E-state index is 0.226. The van der Waals surface area contributed by atoms with Gasteiger partial charge in [0, 0.05) is 19.7 Å². The molecule has 1 heterocycles. The van der Waals surface area contributed by atoms with Gasteiger partial charge in [-0.25, -0.2) is 0 Å². The molecule has 2 rings (SSSR count). The van der Waals surface area contributed by atoms with Gasteiger partial charge in [-0.05, 0) is 25.1 Å². The van der Waals surface area contributed by atoms with E-state index in [1.165, 1.54) is 11.6 Å². The van der Waals surface area contributed by atoms with Gasteiger partial charge in [-0.3, -0.25) is 14.3 Å². The molecule has 0 spiro atoms. The predicted molar refractivity (Wildman–Crippen MR) is 86.7 cm³/mol. The summed E-state index contributed by atoms with van der Waals surface area (Å²) in [6.07, 6.45) is 0. The van der Waals surface area contributed by atoms with Crippen LogP contribution in [0.15, 0.2) is 18.2 Å². The quantitative estimate of drug-likeness (QED) is 0.900. The fourth-order valence-corrected chi connectivity index (χ4v) is 2.45. The summed E-state index contributed by atoms with van der Waals surface area (Å²) in [6, 6.07) is 4.79. The Labute approximate surface area is 137 Å². The van der Waals surface area contributed by atoms with Crippen LogP contribution in [0.2, 0.25) is 10.2 Å². The molecule has 116 valence electrons. The van der Waals surface area contributed by atoms with Gasteiger partial charge in [-0.15, -0.1) is 0 Å². The van der Waals surface area contributed by atoms with Crippen molar-refractivity contribution in [2.75, 3.05) is 10.6 Å². The van der Waals surface area contributed by atoms with Crippen LogP contribution in [0.1, 0.15) is 23.0 Å². The predicted octanol–water partition coefficient (Wildman–Crippen LogP) is 3.25. The highest BCUT2D eigenvalue weighted by Crippen LogP contribution is 2.26. The van der Waals surface area contributed by atoms with E-state index < -0.39 is 0 Å². The fourth-order valence-electron chi connectivity index (χ4n) is 1.97. The molecule has 1 aromatic carbocycles. The maximum Gasteiger partial charge on any atom is 0.260 e. The minimum atomic E-state index is -0.376. The van der Waals surface area contributed by atoms with Crippen LogP contribution in [-0.2, 0) is 11.8 Å². The Bertz CT molecular complexity index is 756. The maximum absolute atomic E-state index is 12.3. The van der Waals surface area contributed by atoms with E-state index in [9.17, 15) is 9.59 Å². The number of hydrogen-bond donors (Lipinski definition) is 2. The minimum Gasteiger partial charge on any atom is -0.325 e. The number of carbonyl (C=O) groups is 2.